The predicted octanol–water partition coefficient (Wildman–Crippen LogP) is 4.31. The number of rotatable bonds is 7. The maximum absolute atomic E-state index is 12.6. The lowest BCUT2D eigenvalue weighted by Gasteiger charge is -2.14. The Balaban J connectivity index is 1.34. The second-order valence-electron chi connectivity index (χ2n) is 7.36. The van der Waals surface area contributed by atoms with E-state index in [1.165, 1.54) is 15.4 Å². The minimum Gasteiger partial charge on any atom is -0.351 e. The Morgan fingerprint density at radius 1 is 0.903 bits per heavy atom. The second-order valence-corrected chi connectivity index (χ2v) is 8.53. The number of amides is 3. The van der Waals surface area contributed by atoms with Crippen LogP contribution in [-0.4, -0.2) is 34.9 Å². The minimum absolute atomic E-state index is 0.136. The van der Waals surface area contributed by atoms with Crippen LogP contribution >= 0.6 is 11.8 Å². The molecule has 1 aliphatic rings. The molecule has 31 heavy (non-hydrogen) atoms. The SMILES string of the molecule is Cc1ccc(SCCNC(=O)c2cccc(CN3C(=O)c4ccccc4C3=O)c2)cc1. The Bertz CT molecular complexity index is 1110. The van der Waals surface area contributed by atoms with Crippen LogP contribution in [0.4, 0.5) is 0 Å². The molecule has 0 spiro atoms. The molecule has 3 aromatic rings. The average Bonchev–Trinajstić information content (AvgIpc) is 3.03. The fourth-order valence-electron chi connectivity index (χ4n) is 3.45. The summed E-state index contributed by atoms with van der Waals surface area (Å²) >= 11 is 1.69. The molecule has 1 heterocycles. The first-order valence-electron chi connectivity index (χ1n) is 10.0. The van der Waals surface area contributed by atoms with Gasteiger partial charge in [-0.1, -0.05) is 42.0 Å². The van der Waals surface area contributed by atoms with Crippen LogP contribution in [0.2, 0.25) is 0 Å². The Hall–Kier alpha value is -3.38. The van der Waals surface area contributed by atoms with E-state index in [9.17, 15) is 14.4 Å². The summed E-state index contributed by atoms with van der Waals surface area (Å²) in [5.41, 5.74) is 3.31. The summed E-state index contributed by atoms with van der Waals surface area (Å²) in [4.78, 5) is 40.0. The molecule has 0 atom stereocenters. The van der Waals surface area contributed by atoms with Gasteiger partial charge in [-0.2, -0.15) is 0 Å². The summed E-state index contributed by atoms with van der Waals surface area (Å²) in [6.07, 6.45) is 0. The van der Waals surface area contributed by atoms with Crippen molar-refractivity contribution in [1.82, 2.24) is 10.2 Å². The third kappa shape index (κ3) is 4.70. The molecule has 0 saturated carbocycles. The van der Waals surface area contributed by atoms with Crippen LogP contribution in [0.25, 0.3) is 0 Å². The van der Waals surface area contributed by atoms with E-state index in [1.807, 2.05) is 6.07 Å². The number of carbonyl (C=O) groups excluding carboxylic acids is 3. The number of carbonyl (C=O) groups is 3. The van der Waals surface area contributed by atoms with Gasteiger partial charge in [0.05, 0.1) is 17.7 Å². The van der Waals surface area contributed by atoms with Crippen molar-refractivity contribution >= 4 is 29.5 Å². The lowest BCUT2D eigenvalue weighted by molar-refractivity contribution is 0.0642. The number of fused-ring (bicyclic) bond motifs is 1. The van der Waals surface area contributed by atoms with Crippen molar-refractivity contribution < 1.29 is 14.4 Å². The van der Waals surface area contributed by atoms with E-state index in [2.05, 4.69) is 36.5 Å². The largest absolute Gasteiger partial charge is 0.351 e. The standard InChI is InChI=1S/C25H22N2O3S/c1-17-9-11-20(12-10-17)31-14-13-26-23(28)19-6-4-5-18(15-19)16-27-24(29)21-7-2-3-8-22(21)25(27)30/h2-12,15H,13-14,16H2,1H3,(H,26,28). The number of hydrogen-bond acceptors (Lipinski definition) is 4. The summed E-state index contributed by atoms with van der Waals surface area (Å²) in [6.45, 7) is 2.73. The molecule has 156 valence electrons. The van der Waals surface area contributed by atoms with Gasteiger partial charge >= 0.3 is 0 Å². The van der Waals surface area contributed by atoms with Gasteiger partial charge in [0.1, 0.15) is 0 Å². The molecule has 0 unspecified atom stereocenters. The molecule has 0 aliphatic carbocycles. The summed E-state index contributed by atoms with van der Waals surface area (Å²) in [7, 11) is 0. The van der Waals surface area contributed by atoms with Crippen LogP contribution in [-0.2, 0) is 6.54 Å². The van der Waals surface area contributed by atoms with Gasteiger partial charge < -0.3 is 5.32 Å². The van der Waals surface area contributed by atoms with Crippen molar-refractivity contribution in [3.8, 4) is 0 Å². The normalized spacial score (nSPS) is 12.7. The summed E-state index contributed by atoms with van der Waals surface area (Å²) < 4.78 is 0. The topological polar surface area (TPSA) is 66.5 Å². The predicted molar refractivity (Wildman–Crippen MR) is 121 cm³/mol. The zero-order chi connectivity index (χ0) is 21.8. The molecule has 0 aromatic heterocycles. The van der Waals surface area contributed by atoms with Gasteiger partial charge in [-0.3, -0.25) is 19.3 Å². The number of aryl methyl sites for hydroxylation is 1. The van der Waals surface area contributed by atoms with Crippen LogP contribution in [0.1, 0.15) is 42.2 Å². The summed E-state index contributed by atoms with van der Waals surface area (Å²) in [5, 5.41) is 2.93. The van der Waals surface area contributed by atoms with Gasteiger partial charge in [0, 0.05) is 22.8 Å². The number of thioether (sulfide) groups is 1. The second kappa shape index (κ2) is 9.18. The molecule has 0 saturated heterocycles. The Kier molecular flexibility index (Phi) is 6.18. The molecule has 6 heteroatoms. The van der Waals surface area contributed by atoms with Crippen molar-refractivity contribution in [2.75, 3.05) is 12.3 Å². The molecule has 5 nitrogen and oxygen atoms in total. The first-order chi connectivity index (χ1) is 15.0. The molecule has 1 N–H and O–H groups in total. The summed E-state index contributed by atoms with van der Waals surface area (Å²) in [5.74, 6) is -0.00956. The van der Waals surface area contributed by atoms with E-state index in [0.29, 0.717) is 23.2 Å². The highest BCUT2D eigenvalue weighted by Gasteiger charge is 2.34. The number of hydrogen-bond donors (Lipinski definition) is 1. The zero-order valence-corrected chi connectivity index (χ0v) is 17.9. The molecule has 0 fully saturated rings. The highest BCUT2D eigenvalue weighted by atomic mass is 32.2. The smallest absolute Gasteiger partial charge is 0.261 e. The van der Waals surface area contributed by atoms with E-state index in [4.69, 9.17) is 0 Å². The molecule has 3 aromatic carbocycles. The number of benzene rings is 3. The van der Waals surface area contributed by atoms with E-state index in [1.54, 1.807) is 54.2 Å². The summed E-state index contributed by atoms with van der Waals surface area (Å²) in [6, 6.07) is 22.1. The van der Waals surface area contributed by atoms with Gasteiger partial charge in [0.15, 0.2) is 0 Å². The van der Waals surface area contributed by atoms with Crippen molar-refractivity contribution in [2.24, 2.45) is 0 Å². The van der Waals surface area contributed by atoms with Gasteiger partial charge in [0.2, 0.25) is 0 Å². The minimum atomic E-state index is -0.302. The quantitative estimate of drug-likeness (QED) is 0.345. The molecular weight excluding hydrogens is 408 g/mol. The molecular formula is C25H22N2O3S. The van der Waals surface area contributed by atoms with Crippen LogP contribution in [0.15, 0.2) is 77.7 Å². The van der Waals surface area contributed by atoms with Gasteiger partial charge in [-0.15, -0.1) is 11.8 Å². The van der Waals surface area contributed by atoms with Crippen LogP contribution < -0.4 is 5.32 Å². The third-order valence-electron chi connectivity index (χ3n) is 5.09. The lowest BCUT2D eigenvalue weighted by atomic mass is 10.1. The maximum Gasteiger partial charge on any atom is 0.261 e. The number of nitrogens with zero attached hydrogens (tertiary/aromatic N) is 1. The van der Waals surface area contributed by atoms with Crippen LogP contribution in [0, 0.1) is 6.92 Å². The van der Waals surface area contributed by atoms with Crippen LogP contribution in [0.5, 0.6) is 0 Å². The van der Waals surface area contributed by atoms with Crippen molar-refractivity contribution in [3.63, 3.8) is 0 Å². The van der Waals surface area contributed by atoms with E-state index in [-0.39, 0.29) is 24.3 Å². The fourth-order valence-corrected chi connectivity index (χ4v) is 4.21. The van der Waals surface area contributed by atoms with Gasteiger partial charge in [-0.05, 0) is 48.9 Å². The van der Waals surface area contributed by atoms with Crippen molar-refractivity contribution in [2.45, 2.75) is 18.4 Å². The first-order valence-corrected chi connectivity index (χ1v) is 11.0. The Labute approximate surface area is 185 Å². The molecule has 4 rings (SSSR count). The number of imide groups is 1. The zero-order valence-electron chi connectivity index (χ0n) is 17.1. The van der Waals surface area contributed by atoms with E-state index in [0.717, 1.165) is 11.3 Å². The van der Waals surface area contributed by atoms with Crippen LogP contribution in [0.3, 0.4) is 0 Å². The number of nitrogens with one attached hydrogen (secondary N) is 1. The van der Waals surface area contributed by atoms with Crippen molar-refractivity contribution in [1.29, 1.82) is 0 Å². The molecule has 0 radical (unpaired) electrons. The monoisotopic (exact) mass is 430 g/mol. The average molecular weight is 431 g/mol. The van der Waals surface area contributed by atoms with E-state index >= 15 is 0 Å². The highest BCUT2D eigenvalue weighted by molar-refractivity contribution is 7.99. The molecule has 3 amide bonds. The van der Waals surface area contributed by atoms with Gasteiger partial charge in [-0.25, -0.2) is 0 Å². The lowest BCUT2D eigenvalue weighted by Crippen LogP contribution is -2.29. The Morgan fingerprint density at radius 3 is 2.26 bits per heavy atom. The van der Waals surface area contributed by atoms with Gasteiger partial charge in [0.25, 0.3) is 17.7 Å². The van der Waals surface area contributed by atoms with Crippen molar-refractivity contribution in [3.05, 3.63) is 101 Å². The van der Waals surface area contributed by atoms with E-state index < -0.39 is 0 Å². The third-order valence-corrected chi connectivity index (χ3v) is 6.10. The Morgan fingerprint density at radius 2 is 1.58 bits per heavy atom. The molecule has 0 bridgehead atoms. The maximum atomic E-state index is 12.6. The first kappa shape index (κ1) is 20.9. The molecule has 1 aliphatic heterocycles. The highest BCUT2D eigenvalue weighted by Crippen LogP contribution is 2.24. The fraction of sp³-hybridized carbons (Fsp3) is 0.160.